The lowest BCUT2D eigenvalue weighted by atomic mass is 10.2. The van der Waals surface area contributed by atoms with Crippen LogP contribution in [0.1, 0.15) is 65.3 Å². The smallest absolute Gasteiger partial charge is 0.466 e. The predicted molar refractivity (Wildman–Crippen MR) is 179 cm³/mol. The van der Waals surface area contributed by atoms with Gasteiger partial charge in [-0.3, -0.25) is 4.79 Å². The van der Waals surface area contributed by atoms with Gasteiger partial charge in [0.25, 0.3) is 0 Å². The van der Waals surface area contributed by atoms with Crippen LogP contribution in [0.2, 0.25) is 0 Å². The summed E-state index contributed by atoms with van der Waals surface area (Å²) in [5.41, 5.74) is 0.890. The summed E-state index contributed by atoms with van der Waals surface area (Å²) in [4.78, 5) is 71.3. The van der Waals surface area contributed by atoms with Crippen molar-refractivity contribution in [3.8, 4) is 23.0 Å². The second-order valence-corrected chi connectivity index (χ2v) is 10.5. The van der Waals surface area contributed by atoms with E-state index < -0.39 is 30.2 Å². The molecule has 0 N–H and O–H groups in total. The molecular formula is C37H38O14. The Morgan fingerprint density at radius 3 is 1.49 bits per heavy atom. The van der Waals surface area contributed by atoms with Crippen molar-refractivity contribution in [3.05, 3.63) is 96.1 Å². The number of hydrogen-bond donors (Lipinski definition) is 0. The molecule has 0 aromatic heterocycles. The van der Waals surface area contributed by atoms with E-state index in [1.165, 1.54) is 66.7 Å². The molecule has 0 saturated heterocycles. The molecule has 3 rings (SSSR count). The summed E-state index contributed by atoms with van der Waals surface area (Å²) in [6, 6.07) is 15.8. The largest absolute Gasteiger partial charge is 0.513 e. The van der Waals surface area contributed by atoms with Gasteiger partial charge in [0, 0.05) is 12.5 Å². The van der Waals surface area contributed by atoms with Crippen molar-refractivity contribution in [1.82, 2.24) is 0 Å². The van der Waals surface area contributed by atoms with Crippen molar-refractivity contribution in [3.63, 3.8) is 0 Å². The third-order valence-electron chi connectivity index (χ3n) is 6.62. The zero-order chi connectivity index (χ0) is 37.0. The van der Waals surface area contributed by atoms with Gasteiger partial charge in [-0.25, -0.2) is 24.0 Å². The maximum Gasteiger partial charge on any atom is 0.513 e. The van der Waals surface area contributed by atoms with E-state index in [1.807, 2.05) is 0 Å². The predicted octanol–water partition coefficient (Wildman–Crippen LogP) is 6.71. The van der Waals surface area contributed by atoms with Crippen LogP contribution in [-0.4, -0.2) is 62.6 Å². The van der Waals surface area contributed by atoms with Crippen molar-refractivity contribution in [2.75, 3.05) is 26.4 Å². The number of benzene rings is 3. The fraction of sp³-hybridized carbons (Fsp3) is 0.297. The van der Waals surface area contributed by atoms with E-state index in [0.717, 1.165) is 6.08 Å². The van der Waals surface area contributed by atoms with Crippen LogP contribution in [0.3, 0.4) is 0 Å². The number of esters is 4. The number of ether oxygens (including phenoxy) is 8. The van der Waals surface area contributed by atoms with E-state index in [-0.39, 0.29) is 66.5 Å². The minimum Gasteiger partial charge on any atom is -0.466 e. The molecule has 3 aromatic rings. The Kier molecular flexibility index (Phi) is 16.2. The first-order valence-corrected chi connectivity index (χ1v) is 16.0. The number of carbonyl (C=O) groups is 6. The monoisotopic (exact) mass is 706 g/mol. The van der Waals surface area contributed by atoms with Crippen LogP contribution in [0.5, 0.6) is 23.0 Å². The normalized spacial score (nSPS) is 10.2. The molecule has 0 fully saturated rings. The first-order valence-electron chi connectivity index (χ1n) is 16.0. The van der Waals surface area contributed by atoms with Crippen LogP contribution in [-0.2, 0) is 28.5 Å². The molecule has 0 unspecified atom stereocenters. The summed E-state index contributed by atoms with van der Waals surface area (Å²) in [7, 11) is 0. The average molecular weight is 707 g/mol. The molecule has 0 atom stereocenters. The van der Waals surface area contributed by atoms with Crippen LogP contribution >= 0.6 is 0 Å². The first kappa shape index (κ1) is 39.3. The minimum absolute atomic E-state index is 0.0681. The average Bonchev–Trinajstić information content (AvgIpc) is 3.12. The van der Waals surface area contributed by atoms with E-state index in [1.54, 1.807) is 13.8 Å². The Balaban J connectivity index is 1.40. The quantitative estimate of drug-likeness (QED) is 0.0341. The molecule has 0 bridgehead atoms. The fourth-order valence-electron chi connectivity index (χ4n) is 3.93. The highest BCUT2D eigenvalue weighted by molar-refractivity contribution is 5.92. The van der Waals surface area contributed by atoms with Gasteiger partial charge in [0.15, 0.2) is 0 Å². The maximum absolute atomic E-state index is 12.7. The van der Waals surface area contributed by atoms with E-state index in [4.69, 9.17) is 37.9 Å². The molecule has 14 nitrogen and oxygen atoms in total. The third kappa shape index (κ3) is 14.5. The lowest BCUT2D eigenvalue weighted by Crippen LogP contribution is -2.13. The fourth-order valence-corrected chi connectivity index (χ4v) is 3.93. The zero-order valence-corrected chi connectivity index (χ0v) is 28.2. The van der Waals surface area contributed by atoms with Crippen LogP contribution in [0.25, 0.3) is 0 Å². The standard InChI is InChI=1S/C37H38O14/c1-4-32(38)44-20-6-8-22-46-36(42)49-28-14-10-26(11-15-28)34(40)48-30-18-19-31(25(3)24-30)51-35(41)27-12-16-29(17-13-27)50-37(43)47-23-9-7-21-45-33(39)5-2/h5,10-19,24H,2,4,6-9,20-23H2,1,3H3. The molecule has 0 heterocycles. The summed E-state index contributed by atoms with van der Waals surface area (Å²) in [6.45, 7) is 7.26. The Labute approximate surface area is 294 Å². The van der Waals surface area contributed by atoms with Crippen LogP contribution in [0, 0.1) is 6.92 Å². The molecule has 0 spiro atoms. The van der Waals surface area contributed by atoms with Gasteiger partial charge in [0.2, 0.25) is 0 Å². The minimum atomic E-state index is -0.925. The van der Waals surface area contributed by atoms with Gasteiger partial charge in [-0.2, -0.15) is 0 Å². The SMILES string of the molecule is C=CC(=O)OCCCCOC(=O)Oc1ccc(C(=O)Oc2ccc(OC(=O)c3ccc(OC(=O)OCCCCOC(=O)CC)cc3)cc2C)cc1. The molecule has 0 amide bonds. The number of carbonyl (C=O) groups excluding carboxylic acids is 6. The summed E-state index contributed by atoms with van der Waals surface area (Å²) in [5, 5.41) is 0. The molecule has 51 heavy (non-hydrogen) atoms. The lowest BCUT2D eigenvalue weighted by Gasteiger charge is -2.11. The van der Waals surface area contributed by atoms with E-state index in [0.29, 0.717) is 37.7 Å². The van der Waals surface area contributed by atoms with Crippen molar-refractivity contribution in [2.45, 2.75) is 46.0 Å². The van der Waals surface area contributed by atoms with Gasteiger partial charge in [-0.15, -0.1) is 0 Å². The second-order valence-electron chi connectivity index (χ2n) is 10.5. The molecular weight excluding hydrogens is 668 g/mol. The Morgan fingerprint density at radius 1 is 0.569 bits per heavy atom. The highest BCUT2D eigenvalue weighted by atomic mass is 16.7. The van der Waals surface area contributed by atoms with E-state index in [9.17, 15) is 28.8 Å². The van der Waals surface area contributed by atoms with Crippen molar-refractivity contribution >= 4 is 36.2 Å². The number of rotatable bonds is 18. The zero-order valence-electron chi connectivity index (χ0n) is 28.2. The van der Waals surface area contributed by atoms with Gasteiger partial charge in [-0.05, 0) is 105 Å². The van der Waals surface area contributed by atoms with Gasteiger partial charge < -0.3 is 37.9 Å². The molecule has 0 aliphatic rings. The molecule has 0 aliphatic heterocycles. The van der Waals surface area contributed by atoms with Crippen molar-refractivity contribution < 1.29 is 66.7 Å². The second kappa shape index (κ2) is 21.0. The first-order chi connectivity index (χ1) is 24.6. The van der Waals surface area contributed by atoms with Gasteiger partial charge in [-0.1, -0.05) is 13.5 Å². The van der Waals surface area contributed by atoms with Gasteiger partial charge in [0.05, 0.1) is 37.6 Å². The Morgan fingerprint density at radius 2 is 1.02 bits per heavy atom. The number of hydrogen-bond acceptors (Lipinski definition) is 14. The molecule has 14 heteroatoms. The summed E-state index contributed by atoms with van der Waals surface area (Å²) in [6.07, 6.45) is 1.52. The maximum atomic E-state index is 12.7. The van der Waals surface area contributed by atoms with Gasteiger partial charge in [0.1, 0.15) is 23.0 Å². The summed E-state index contributed by atoms with van der Waals surface area (Å²) >= 11 is 0. The van der Waals surface area contributed by atoms with Gasteiger partial charge >= 0.3 is 36.2 Å². The molecule has 270 valence electrons. The van der Waals surface area contributed by atoms with Crippen LogP contribution in [0.4, 0.5) is 9.59 Å². The van der Waals surface area contributed by atoms with Crippen LogP contribution < -0.4 is 18.9 Å². The highest BCUT2D eigenvalue weighted by Gasteiger charge is 2.15. The number of aryl methyl sites for hydroxylation is 1. The molecule has 0 radical (unpaired) electrons. The number of unbranched alkanes of at least 4 members (excludes halogenated alkanes) is 2. The Bertz CT molecular complexity index is 1660. The van der Waals surface area contributed by atoms with E-state index in [2.05, 4.69) is 6.58 Å². The highest BCUT2D eigenvalue weighted by Crippen LogP contribution is 2.26. The third-order valence-corrected chi connectivity index (χ3v) is 6.62. The molecule has 0 saturated carbocycles. The van der Waals surface area contributed by atoms with E-state index >= 15 is 0 Å². The topological polar surface area (TPSA) is 176 Å². The summed E-state index contributed by atoms with van der Waals surface area (Å²) in [5.74, 6) is -1.41. The summed E-state index contributed by atoms with van der Waals surface area (Å²) < 4.78 is 40.8. The molecule has 3 aromatic carbocycles. The molecule has 0 aliphatic carbocycles. The van der Waals surface area contributed by atoms with Crippen molar-refractivity contribution in [1.29, 1.82) is 0 Å². The van der Waals surface area contributed by atoms with Crippen LogP contribution in [0.15, 0.2) is 79.4 Å². The Hall–Kier alpha value is -6.18. The van der Waals surface area contributed by atoms with Crippen molar-refractivity contribution in [2.24, 2.45) is 0 Å². The lowest BCUT2D eigenvalue weighted by molar-refractivity contribution is -0.143.